The standard InChI is InChI=1S/C14H21NO2S/c1-4-18-10-6-9-15-13-8-5-7-12(11(13)2)14(16)17-3/h5,7-8,15H,4,6,9-10H2,1-3H3. The predicted molar refractivity (Wildman–Crippen MR) is 78.6 cm³/mol. The highest BCUT2D eigenvalue weighted by molar-refractivity contribution is 7.99. The van der Waals surface area contributed by atoms with Crippen molar-refractivity contribution in [2.75, 3.05) is 30.5 Å². The van der Waals surface area contributed by atoms with E-state index in [2.05, 4.69) is 12.2 Å². The molecule has 1 aromatic rings. The van der Waals surface area contributed by atoms with Crippen LogP contribution in [0.15, 0.2) is 18.2 Å². The maximum Gasteiger partial charge on any atom is 0.338 e. The maximum atomic E-state index is 11.5. The predicted octanol–water partition coefficient (Wildman–Crippen LogP) is 3.34. The molecule has 0 aromatic heterocycles. The Morgan fingerprint density at radius 3 is 2.89 bits per heavy atom. The average Bonchev–Trinajstić information content (AvgIpc) is 2.39. The fraction of sp³-hybridized carbons (Fsp3) is 0.500. The van der Waals surface area contributed by atoms with E-state index in [9.17, 15) is 4.79 Å². The molecule has 0 atom stereocenters. The molecule has 18 heavy (non-hydrogen) atoms. The largest absolute Gasteiger partial charge is 0.465 e. The number of hydrogen-bond donors (Lipinski definition) is 1. The van der Waals surface area contributed by atoms with E-state index in [1.807, 2.05) is 30.8 Å². The summed E-state index contributed by atoms with van der Waals surface area (Å²) >= 11 is 1.94. The second-order valence-electron chi connectivity index (χ2n) is 3.95. The summed E-state index contributed by atoms with van der Waals surface area (Å²) in [6.45, 7) is 5.04. The van der Waals surface area contributed by atoms with Crippen LogP contribution < -0.4 is 5.32 Å². The van der Waals surface area contributed by atoms with Gasteiger partial charge in [0, 0.05) is 12.2 Å². The first-order valence-corrected chi connectivity index (χ1v) is 7.35. The number of rotatable bonds is 7. The molecule has 0 aliphatic carbocycles. The lowest BCUT2D eigenvalue weighted by Gasteiger charge is -2.12. The van der Waals surface area contributed by atoms with Crippen molar-refractivity contribution in [3.8, 4) is 0 Å². The molecule has 100 valence electrons. The number of esters is 1. The third kappa shape index (κ3) is 4.26. The molecule has 0 fully saturated rings. The van der Waals surface area contributed by atoms with Crippen molar-refractivity contribution < 1.29 is 9.53 Å². The van der Waals surface area contributed by atoms with Crippen LogP contribution in [-0.2, 0) is 4.74 Å². The Bertz CT molecular complexity index is 393. The van der Waals surface area contributed by atoms with Crippen molar-refractivity contribution in [1.29, 1.82) is 0 Å². The van der Waals surface area contributed by atoms with Gasteiger partial charge in [0.25, 0.3) is 0 Å². The van der Waals surface area contributed by atoms with Gasteiger partial charge in [-0.1, -0.05) is 13.0 Å². The van der Waals surface area contributed by atoms with E-state index < -0.39 is 0 Å². The van der Waals surface area contributed by atoms with Crippen molar-refractivity contribution in [2.24, 2.45) is 0 Å². The summed E-state index contributed by atoms with van der Waals surface area (Å²) in [5.74, 6) is 2.05. The second kappa shape index (κ2) is 8.03. The number of carbonyl (C=O) groups is 1. The zero-order valence-electron chi connectivity index (χ0n) is 11.3. The summed E-state index contributed by atoms with van der Waals surface area (Å²) in [6, 6.07) is 5.66. The third-order valence-electron chi connectivity index (χ3n) is 2.72. The topological polar surface area (TPSA) is 38.3 Å². The summed E-state index contributed by atoms with van der Waals surface area (Å²) in [7, 11) is 1.41. The van der Waals surface area contributed by atoms with E-state index in [4.69, 9.17) is 4.74 Å². The second-order valence-corrected chi connectivity index (χ2v) is 5.34. The molecular weight excluding hydrogens is 246 g/mol. The Labute approximate surface area is 113 Å². The first-order valence-electron chi connectivity index (χ1n) is 6.20. The van der Waals surface area contributed by atoms with Crippen LogP contribution >= 0.6 is 11.8 Å². The Kier molecular flexibility index (Phi) is 6.65. The van der Waals surface area contributed by atoms with E-state index in [0.717, 1.165) is 30.0 Å². The quantitative estimate of drug-likeness (QED) is 0.607. The van der Waals surface area contributed by atoms with Crippen LogP contribution in [0.2, 0.25) is 0 Å². The van der Waals surface area contributed by atoms with Gasteiger partial charge >= 0.3 is 5.97 Å². The van der Waals surface area contributed by atoms with Gasteiger partial charge in [0.2, 0.25) is 0 Å². The average molecular weight is 267 g/mol. The minimum Gasteiger partial charge on any atom is -0.465 e. The molecule has 1 N–H and O–H groups in total. The Balaban J connectivity index is 2.58. The number of anilines is 1. The molecule has 0 bridgehead atoms. The number of hydrogen-bond acceptors (Lipinski definition) is 4. The van der Waals surface area contributed by atoms with Crippen LogP contribution in [0.4, 0.5) is 5.69 Å². The summed E-state index contributed by atoms with van der Waals surface area (Å²) in [5.41, 5.74) is 2.59. The van der Waals surface area contributed by atoms with Crippen molar-refractivity contribution >= 4 is 23.4 Å². The number of nitrogens with one attached hydrogen (secondary N) is 1. The first kappa shape index (κ1) is 14.9. The van der Waals surface area contributed by atoms with Crippen LogP contribution in [0.1, 0.15) is 29.3 Å². The molecule has 0 aliphatic rings. The van der Waals surface area contributed by atoms with Crippen molar-refractivity contribution in [2.45, 2.75) is 20.3 Å². The van der Waals surface area contributed by atoms with E-state index in [0.29, 0.717) is 5.56 Å². The zero-order valence-corrected chi connectivity index (χ0v) is 12.1. The lowest BCUT2D eigenvalue weighted by atomic mass is 10.1. The fourth-order valence-corrected chi connectivity index (χ4v) is 2.34. The molecule has 0 saturated carbocycles. The van der Waals surface area contributed by atoms with Gasteiger partial charge in [0.15, 0.2) is 0 Å². The molecular formula is C14H21NO2S. The van der Waals surface area contributed by atoms with Gasteiger partial charge < -0.3 is 10.1 Å². The van der Waals surface area contributed by atoms with Gasteiger partial charge in [0.05, 0.1) is 12.7 Å². The molecule has 0 unspecified atom stereocenters. The van der Waals surface area contributed by atoms with Crippen LogP contribution in [-0.4, -0.2) is 31.1 Å². The SMILES string of the molecule is CCSCCCNc1cccc(C(=O)OC)c1C. The van der Waals surface area contributed by atoms with Crippen molar-refractivity contribution in [3.63, 3.8) is 0 Å². The van der Waals surface area contributed by atoms with E-state index in [1.165, 1.54) is 12.9 Å². The molecule has 0 aliphatic heterocycles. The zero-order chi connectivity index (χ0) is 13.4. The molecule has 3 nitrogen and oxygen atoms in total. The number of ether oxygens (including phenoxy) is 1. The highest BCUT2D eigenvalue weighted by Crippen LogP contribution is 2.19. The number of thioether (sulfide) groups is 1. The lowest BCUT2D eigenvalue weighted by molar-refractivity contribution is 0.0600. The molecule has 0 heterocycles. The van der Waals surface area contributed by atoms with Crippen molar-refractivity contribution in [1.82, 2.24) is 0 Å². The first-order chi connectivity index (χ1) is 8.70. The molecule has 1 aromatic carbocycles. The monoisotopic (exact) mass is 267 g/mol. The Hall–Kier alpha value is -1.16. The maximum absolute atomic E-state index is 11.5. The van der Waals surface area contributed by atoms with Gasteiger partial charge in [-0.05, 0) is 42.5 Å². The van der Waals surface area contributed by atoms with Crippen LogP contribution in [0.25, 0.3) is 0 Å². The summed E-state index contributed by atoms with van der Waals surface area (Å²) in [6.07, 6.45) is 1.13. The van der Waals surface area contributed by atoms with E-state index in [1.54, 1.807) is 6.07 Å². The molecule has 0 radical (unpaired) electrons. The van der Waals surface area contributed by atoms with E-state index in [-0.39, 0.29) is 5.97 Å². The lowest BCUT2D eigenvalue weighted by Crippen LogP contribution is -2.08. The van der Waals surface area contributed by atoms with Gasteiger partial charge in [0.1, 0.15) is 0 Å². The fourth-order valence-electron chi connectivity index (χ4n) is 1.70. The van der Waals surface area contributed by atoms with Crippen LogP contribution in [0.5, 0.6) is 0 Å². The third-order valence-corrected chi connectivity index (χ3v) is 3.71. The van der Waals surface area contributed by atoms with Crippen LogP contribution in [0.3, 0.4) is 0 Å². The van der Waals surface area contributed by atoms with Crippen LogP contribution in [0, 0.1) is 6.92 Å². The van der Waals surface area contributed by atoms with Crippen molar-refractivity contribution in [3.05, 3.63) is 29.3 Å². The molecule has 0 amide bonds. The van der Waals surface area contributed by atoms with Gasteiger partial charge in [-0.15, -0.1) is 0 Å². The summed E-state index contributed by atoms with van der Waals surface area (Å²) in [4.78, 5) is 11.5. The number of benzene rings is 1. The minimum atomic E-state index is -0.280. The molecule has 0 saturated heterocycles. The molecule has 0 spiro atoms. The smallest absolute Gasteiger partial charge is 0.338 e. The summed E-state index contributed by atoms with van der Waals surface area (Å²) in [5, 5.41) is 3.37. The minimum absolute atomic E-state index is 0.280. The highest BCUT2D eigenvalue weighted by Gasteiger charge is 2.11. The molecule has 1 rings (SSSR count). The number of methoxy groups -OCH3 is 1. The Morgan fingerprint density at radius 1 is 1.44 bits per heavy atom. The van der Waals surface area contributed by atoms with Gasteiger partial charge in [-0.3, -0.25) is 0 Å². The molecule has 4 heteroatoms. The van der Waals surface area contributed by atoms with E-state index >= 15 is 0 Å². The summed E-state index contributed by atoms with van der Waals surface area (Å²) < 4.78 is 4.76. The van der Waals surface area contributed by atoms with Gasteiger partial charge in [-0.2, -0.15) is 11.8 Å². The highest BCUT2D eigenvalue weighted by atomic mass is 32.2. The Morgan fingerprint density at radius 2 is 2.22 bits per heavy atom. The van der Waals surface area contributed by atoms with Gasteiger partial charge in [-0.25, -0.2) is 4.79 Å². The normalized spacial score (nSPS) is 10.2. The number of carbonyl (C=O) groups excluding carboxylic acids is 1.